The molecule has 0 N–H and O–H groups in total. The Morgan fingerprint density at radius 2 is 2.00 bits per heavy atom. The second-order valence-electron chi connectivity index (χ2n) is 4.84. The summed E-state index contributed by atoms with van der Waals surface area (Å²) in [5, 5.41) is 9.48. The summed E-state index contributed by atoms with van der Waals surface area (Å²) in [6.07, 6.45) is 4.45. The smallest absolute Gasteiger partial charge is 0.260 e. The van der Waals surface area contributed by atoms with Gasteiger partial charge in [0.15, 0.2) is 6.61 Å². The van der Waals surface area contributed by atoms with Gasteiger partial charge in [-0.15, -0.1) is 0 Å². The van der Waals surface area contributed by atoms with Crippen LogP contribution in [0.25, 0.3) is 0 Å². The van der Waals surface area contributed by atoms with Gasteiger partial charge in [0.25, 0.3) is 5.91 Å². The van der Waals surface area contributed by atoms with Gasteiger partial charge < -0.3 is 9.64 Å². The van der Waals surface area contributed by atoms with Gasteiger partial charge >= 0.3 is 0 Å². The van der Waals surface area contributed by atoms with Crippen LogP contribution in [0.1, 0.15) is 31.2 Å². The first kappa shape index (κ1) is 14.7. The fourth-order valence-corrected chi connectivity index (χ4v) is 2.42. The molecule has 0 aliphatic carbocycles. The Labute approximate surface area is 123 Å². The second-order valence-corrected chi connectivity index (χ2v) is 5.27. The summed E-state index contributed by atoms with van der Waals surface area (Å²) < 4.78 is 5.47. The second kappa shape index (κ2) is 7.16. The van der Waals surface area contributed by atoms with Crippen LogP contribution in [0.15, 0.2) is 18.2 Å². The first-order chi connectivity index (χ1) is 9.70. The van der Waals surface area contributed by atoms with Crippen molar-refractivity contribution in [3.63, 3.8) is 0 Å². The molecule has 1 amide bonds. The van der Waals surface area contributed by atoms with Crippen LogP contribution in [0.4, 0.5) is 0 Å². The van der Waals surface area contributed by atoms with Crippen LogP contribution in [0.2, 0.25) is 5.02 Å². The molecule has 0 bridgehead atoms. The number of halogens is 1. The minimum atomic E-state index is -0.0466. The highest BCUT2D eigenvalue weighted by Crippen LogP contribution is 2.22. The molecular weight excluding hydrogens is 276 g/mol. The third-order valence-corrected chi connectivity index (χ3v) is 3.61. The van der Waals surface area contributed by atoms with Gasteiger partial charge in [-0.25, -0.2) is 0 Å². The number of hydrogen-bond donors (Lipinski definition) is 0. The summed E-state index contributed by atoms with van der Waals surface area (Å²) in [5.41, 5.74) is 0.387. The van der Waals surface area contributed by atoms with Crippen molar-refractivity contribution in [1.82, 2.24) is 4.90 Å². The van der Waals surface area contributed by atoms with Crippen LogP contribution in [0, 0.1) is 11.3 Å². The molecule has 5 heteroatoms. The van der Waals surface area contributed by atoms with E-state index in [0.29, 0.717) is 16.3 Å². The van der Waals surface area contributed by atoms with Crippen molar-refractivity contribution in [3.05, 3.63) is 28.8 Å². The molecule has 0 spiro atoms. The topological polar surface area (TPSA) is 53.3 Å². The Kier molecular flexibility index (Phi) is 5.25. The van der Waals surface area contributed by atoms with Crippen molar-refractivity contribution in [2.45, 2.75) is 25.7 Å². The molecule has 1 aromatic rings. The fourth-order valence-electron chi connectivity index (χ4n) is 2.26. The SMILES string of the molecule is N#Cc1ccc(Cl)cc1OCC(=O)N1CCCCCC1. The zero-order valence-electron chi connectivity index (χ0n) is 11.3. The molecule has 1 aliphatic rings. The van der Waals surface area contributed by atoms with Crippen LogP contribution in [-0.2, 0) is 4.79 Å². The highest BCUT2D eigenvalue weighted by molar-refractivity contribution is 6.30. The molecule has 1 heterocycles. The third-order valence-electron chi connectivity index (χ3n) is 3.37. The number of carbonyl (C=O) groups excluding carboxylic acids is 1. The summed E-state index contributed by atoms with van der Waals surface area (Å²) in [6, 6.07) is 6.81. The molecule has 0 radical (unpaired) electrons. The van der Waals surface area contributed by atoms with Crippen molar-refractivity contribution in [3.8, 4) is 11.8 Å². The third kappa shape index (κ3) is 3.88. The highest BCUT2D eigenvalue weighted by Gasteiger charge is 2.16. The number of amides is 1. The lowest BCUT2D eigenvalue weighted by atomic mass is 10.2. The number of nitrogens with zero attached hydrogens (tertiary/aromatic N) is 2. The Hall–Kier alpha value is -1.73. The molecule has 1 aromatic carbocycles. The monoisotopic (exact) mass is 292 g/mol. The summed E-state index contributed by atoms with van der Waals surface area (Å²) in [4.78, 5) is 13.9. The maximum absolute atomic E-state index is 12.1. The van der Waals surface area contributed by atoms with E-state index in [0.717, 1.165) is 25.9 Å². The molecule has 20 heavy (non-hydrogen) atoms. The summed E-state index contributed by atoms with van der Waals surface area (Å²) >= 11 is 5.87. The van der Waals surface area contributed by atoms with E-state index in [1.807, 2.05) is 11.0 Å². The lowest BCUT2D eigenvalue weighted by Gasteiger charge is -2.20. The number of nitriles is 1. The van der Waals surface area contributed by atoms with E-state index in [2.05, 4.69) is 0 Å². The number of carbonyl (C=O) groups is 1. The van der Waals surface area contributed by atoms with Crippen molar-refractivity contribution >= 4 is 17.5 Å². The van der Waals surface area contributed by atoms with Crippen LogP contribution >= 0.6 is 11.6 Å². The van der Waals surface area contributed by atoms with Gasteiger partial charge in [-0.3, -0.25) is 4.79 Å². The first-order valence-corrected chi connectivity index (χ1v) is 7.19. The lowest BCUT2D eigenvalue weighted by molar-refractivity contribution is -0.133. The van der Waals surface area contributed by atoms with Gasteiger partial charge in [0, 0.05) is 24.2 Å². The van der Waals surface area contributed by atoms with Crippen molar-refractivity contribution in [1.29, 1.82) is 5.26 Å². The van der Waals surface area contributed by atoms with E-state index in [9.17, 15) is 4.79 Å². The number of likely N-dealkylation sites (tertiary alicyclic amines) is 1. The maximum Gasteiger partial charge on any atom is 0.260 e. The molecule has 1 aliphatic heterocycles. The van der Waals surface area contributed by atoms with E-state index in [1.165, 1.54) is 12.8 Å². The van der Waals surface area contributed by atoms with Crippen molar-refractivity contribution < 1.29 is 9.53 Å². The van der Waals surface area contributed by atoms with Gasteiger partial charge in [-0.2, -0.15) is 5.26 Å². The van der Waals surface area contributed by atoms with Gasteiger partial charge in [0.05, 0.1) is 5.56 Å². The average molecular weight is 293 g/mol. The lowest BCUT2D eigenvalue weighted by Crippen LogP contribution is -2.35. The van der Waals surface area contributed by atoms with E-state index >= 15 is 0 Å². The largest absolute Gasteiger partial charge is 0.482 e. The van der Waals surface area contributed by atoms with Gasteiger partial charge in [0.1, 0.15) is 11.8 Å². The predicted octanol–water partition coefficient (Wildman–Crippen LogP) is 2.99. The molecule has 0 atom stereocenters. The van der Waals surface area contributed by atoms with E-state index in [4.69, 9.17) is 21.6 Å². The first-order valence-electron chi connectivity index (χ1n) is 6.81. The normalized spacial score (nSPS) is 15.3. The van der Waals surface area contributed by atoms with Crippen LogP contribution in [-0.4, -0.2) is 30.5 Å². The molecule has 2 rings (SSSR count). The summed E-state index contributed by atoms with van der Waals surface area (Å²) in [5.74, 6) is 0.332. The molecular formula is C15H17ClN2O2. The standard InChI is InChI=1S/C15H17ClN2O2/c16-13-6-5-12(10-17)14(9-13)20-11-15(19)18-7-3-1-2-4-8-18/h5-6,9H,1-4,7-8,11H2. The minimum absolute atomic E-state index is 0.0317. The Bertz CT molecular complexity index is 517. The molecule has 0 saturated carbocycles. The van der Waals surface area contributed by atoms with E-state index in [-0.39, 0.29) is 12.5 Å². The molecule has 1 saturated heterocycles. The maximum atomic E-state index is 12.1. The van der Waals surface area contributed by atoms with Gasteiger partial charge in [-0.05, 0) is 25.0 Å². The fraction of sp³-hybridized carbons (Fsp3) is 0.467. The quantitative estimate of drug-likeness (QED) is 0.860. The Morgan fingerprint density at radius 1 is 1.30 bits per heavy atom. The molecule has 1 fully saturated rings. The van der Waals surface area contributed by atoms with E-state index in [1.54, 1.807) is 18.2 Å². The van der Waals surface area contributed by atoms with Crippen LogP contribution in [0.5, 0.6) is 5.75 Å². The van der Waals surface area contributed by atoms with E-state index < -0.39 is 0 Å². The number of ether oxygens (including phenoxy) is 1. The predicted molar refractivity (Wildman–Crippen MR) is 76.7 cm³/mol. The Balaban J connectivity index is 1.96. The van der Waals surface area contributed by atoms with Gasteiger partial charge in [-0.1, -0.05) is 24.4 Å². The molecule has 4 nitrogen and oxygen atoms in total. The Morgan fingerprint density at radius 3 is 2.65 bits per heavy atom. The zero-order chi connectivity index (χ0) is 14.4. The zero-order valence-corrected chi connectivity index (χ0v) is 12.0. The average Bonchev–Trinajstić information content (AvgIpc) is 2.74. The number of hydrogen-bond acceptors (Lipinski definition) is 3. The highest BCUT2D eigenvalue weighted by atomic mass is 35.5. The van der Waals surface area contributed by atoms with Crippen LogP contribution in [0.3, 0.4) is 0 Å². The molecule has 0 aromatic heterocycles. The molecule has 0 unspecified atom stereocenters. The number of rotatable bonds is 3. The van der Waals surface area contributed by atoms with Gasteiger partial charge in [0.2, 0.25) is 0 Å². The van der Waals surface area contributed by atoms with Crippen molar-refractivity contribution in [2.75, 3.05) is 19.7 Å². The van der Waals surface area contributed by atoms with Crippen LogP contribution < -0.4 is 4.74 Å². The minimum Gasteiger partial charge on any atom is -0.482 e. The summed E-state index contributed by atoms with van der Waals surface area (Å²) in [6.45, 7) is 1.54. The number of benzene rings is 1. The summed E-state index contributed by atoms with van der Waals surface area (Å²) in [7, 11) is 0. The molecule has 106 valence electrons. The van der Waals surface area contributed by atoms with Crippen molar-refractivity contribution in [2.24, 2.45) is 0 Å².